The Morgan fingerprint density at radius 3 is 1.85 bits per heavy atom. The highest BCUT2D eigenvalue weighted by Gasteiger charge is 2.20. The van der Waals surface area contributed by atoms with Gasteiger partial charge in [-0.25, -0.2) is 4.98 Å². The van der Waals surface area contributed by atoms with Crippen molar-refractivity contribution in [2.75, 3.05) is 0 Å². The van der Waals surface area contributed by atoms with Crippen LogP contribution in [0.15, 0.2) is 18.7 Å². The molecule has 0 saturated carbocycles. The molecule has 0 aliphatic rings. The summed E-state index contributed by atoms with van der Waals surface area (Å²) >= 11 is 0. The van der Waals surface area contributed by atoms with E-state index in [1.807, 2.05) is 18.7 Å². The third-order valence-corrected chi connectivity index (χ3v) is 2.83. The molecule has 0 aromatic carbocycles. The Hall–Kier alpha value is -1.01. The van der Waals surface area contributed by atoms with Crippen molar-refractivity contribution in [3.05, 3.63) is 18.7 Å². The number of hydrogen-bond donors (Lipinski definition) is 0. The summed E-state index contributed by atoms with van der Waals surface area (Å²) in [5.74, 6) is 0. The van der Waals surface area contributed by atoms with Crippen molar-refractivity contribution in [3.8, 4) is 0 Å². The number of rotatable bonds is 9. The molecule has 0 spiro atoms. The number of unbranched alkanes of at least 4 members (excludes halogenated alkanes) is 7. The van der Waals surface area contributed by atoms with E-state index in [1.165, 1.54) is 51.4 Å². The zero-order valence-corrected chi connectivity index (χ0v) is 12.1. The molecule has 0 amide bonds. The smallest absolute Gasteiger partial charge is 0.418 e. The number of halogens is 4. The fraction of sp³-hybridized carbons (Fsp3) is 0.769. The molecule has 0 saturated heterocycles. The molecule has 0 aliphatic carbocycles. The summed E-state index contributed by atoms with van der Waals surface area (Å²) in [5, 5.41) is 0. The third-order valence-electron chi connectivity index (χ3n) is 2.83. The van der Waals surface area contributed by atoms with Gasteiger partial charge in [0.1, 0.15) is 0 Å². The fourth-order valence-electron chi connectivity index (χ4n) is 1.85. The van der Waals surface area contributed by atoms with Gasteiger partial charge < -0.3 is 21.8 Å². The van der Waals surface area contributed by atoms with Crippen molar-refractivity contribution in [2.45, 2.75) is 64.8 Å². The first-order chi connectivity index (χ1) is 9.43. The summed E-state index contributed by atoms with van der Waals surface area (Å²) in [6.45, 7) is 3.40. The van der Waals surface area contributed by atoms with Crippen LogP contribution < -0.4 is 0 Å². The Bertz CT molecular complexity index is 296. The average molecular weight is 295 g/mol. The second-order valence-electron chi connectivity index (χ2n) is 4.77. The van der Waals surface area contributed by atoms with Crippen LogP contribution in [-0.2, 0) is 6.54 Å². The van der Waals surface area contributed by atoms with Gasteiger partial charge in [0.15, 0.2) is 0 Å². The summed E-state index contributed by atoms with van der Waals surface area (Å²) in [6.07, 6.45) is 16.9. The van der Waals surface area contributed by atoms with Gasteiger partial charge in [0.25, 0.3) is 0 Å². The third kappa shape index (κ3) is 17.0. The number of aryl methyl sites for hydroxylation is 1. The molecule has 2 nitrogen and oxygen atoms in total. The summed E-state index contributed by atoms with van der Waals surface area (Å²) in [7, 11) is -6.00. The summed E-state index contributed by atoms with van der Waals surface area (Å²) in [4.78, 5) is 4.03. The number of hydrogen-bond acceptors (Lipinski definition) is 1. The minimum atomic E-state index is -6.00. The Morgan fingerprint density at radius 1 is 0.900 bits per heavy atom. The van der Waals surface area contributed by atoms with Crippen LogP contribution in [0.4, 0.5) is 17.3 Å². The SMILES string of the molecule is CCCCCCCCCCn1ccnc1.F[B-](F)(F)F. The van der Waals surface area contributed by atoms with E-state index in [0.29, 0.717) is 0 Å². The van der Waals surface area contributed by atoms with Crippen LogP contribution >= 0.6 is 0 Å². The number of imidazole rings is 1. The molecular formula is C13H24BF4N2-. The molecule has 0 aliphatic heterocycles. The maximum absolute atomic E-state index is 9.75. The lowest BCUT2D eigenvalue weighted by Gasteiger charge is -2.02. The zero-order chi connectivity index (χ0) is 15.3. The molecule has 1 aromatic heterocycles. The highest BCUT2D eigenvalue weighted by molar-refractivity contribution is 6.50. The first-order valence-corrected chi connectivity index (χ1v) is 7.26. The number of aromatic nitrogens is 2. The Morgan fingerprint density at radius 2 is 1.40 bits per heavy atom. The van der Waals surface area contributed by atoms with Gasteiger partial charge >= 0.3 is 7.25 Å². The van der Waals surface area contributed by atoms with Gasteiger partial charge in [-0.15, -0.1) is 0 Å². The standard InChI is InChI=1S/C13H24N2.BF4/c1-2-3-4-5-6-7-8-9-11-15-12-10-14-13-15;2-1(3,4)5/h10,12-13H,2-9,11H2,1H3;/q;-1. The largest absolute Gasteiger partial charge is 0.673 e. The van der Waals surface area contributed by atoms with Crippen molar-refractivity contribution in [1.82, 2.24) is 9.55 Å². The maximum Gasteiger partial charge on any atom is 0.673 e. The van der Waals surface area contributed by atoms with Gasteiger partial charge in [-0.2, -0.15) is 0 Å². The van der Waals surface area contributed by atoms with Crippen LogP contribution in [0, 0.1) is 0 Å². The maximum atomic E-state index is 9.75. The van der Waals surface area contributed by atoms with Gasteiger partial charge in [0.05, 0.1) is 6.33 Å². The Kier molecular flexibility index (Phi) is 11.2. The van der Waals surface area contributed by atoms with E-state index in [-0.39, 0.29) is 0 Å². The van der Waals surface area contributed by atoms with Crippen LogP contribution in [-0.4, -0.2) is 16.8 Å². The van der Waals surface area contributed by atoms with Crippen LogP contribution in [0.3, 0.4) is 0 Å². The highest BCUT2D eigenvalue weighted by atomic mass is 19.5. The molecule has 0 bridgehead atoms. The van der Waals surface area contributed by atoms with Crippen LogP contribution in [0.5, 0.6) is 0 Å². The average Bonchev–Trinajstić information content (AvgIpc) is 2.83. The van der Waals surface area contributed by atoms with Crippen LogP contribution in [0.2, 0.25) is 0 Å². The monoisotopic (exact) mass is 295 g/mol. The van der Waals surface area contributed by atoms with Gasteiger partial charge in [0.2, 0.25) is 0 Å². The summed E-state index contributed by atoms with van der Waals surface area (Å²) in [5.41, 5.74) is 0. The molecule has 0 unspecified atom stereocenters. The highest BCUT2D eigenvalue weighted by Crippen LogP contribution is 2.09. The quantitative estimate of drug-likeness (QED) is 0.342. The lowest BCUT2D eigenvalue weighted by Crippen LogP contribution is -2.02. The van der Waals surface area contributed by atoms with E-state index in [4.69, 9.17) is 0 Å². The van der Waals surface area contributed by atoms with Crippen molar-refractivity contribution in [1.29, 1.82) is 0 Å². The Labute approximate surface area is 118 Å². The Balaban J connectivity index is 0.000000621. The first-order valence-electron chi connectivity index (χ1n) is 7.26. The molecular weight excluding hydrogens is 271 g/mol. The van der Waals surface area contributed by atoms with Gasteiger partial charge in [-0.3, -0.25) is 0 Å². The van der Waals surface area contributed by atoms with E-state index in [9.17, 15) is 17.3 Å². The van der Waals surface area contributed by atoms with E-state index < -0.39 is 7.25 Å². The van der Waals surface area contributed by atoms with E-state index in [1.54, 1.807) is 0 Å². The molecule has 0 fully saturated rings. The van der Waals surface area contributed by atoms with Crippen LogP contribution in [0.25, 0.3) is 0 Å². The van der Waals surface area contributed by atoms with E-state index >= 15 is 0 Å². The summed E-state index contributed by atoms with van der Waals surface area (Å²) in [6, 6.07) is 0. The predicted octanol–water partition coefficient (Wildman–Crippen LogP) is 5.32. The minimum Gasteiger partial charge on any atom is -0.418 e. The van der Waals surface area contributed by atoms with Gasteiger partial charge in [-0.05, 0) is 6.42 Å². The normalized spacial score (nSPS) is 11.1. The summed E-state index contributed by atoms with van der Waals surface area (Å²) < 4.78 is 41.2. The van der Waals surface area contributed by atoms with Crippen molar-refractivity contribution in [3.63, 3.8) is 0 Å². The van der Waals surface area contributed by atoms with Gasteiger partial charge in [0, 0.05) is 18.9 Å². The topological polar surface area (TPSA) is 17.8 Å². The lowest BCUT2D eigenvalue weighted by molar-refractivity contribution is 0.368. The molecule has 118 valence electrons. The molecule has 0 radical (unpaired) electrons. The molecule has 1 rings (SSSR count). The molecule has 1 aromatic rings. The number of nitrogens with zero attached hydrogens (tertiary/aromatic N) is 2. The lowest BCUT2D eigenvalue weighted by atomic mass is 10.1. The van der Waals surface area contributed by atoms with Crippen molar-refractivity contribution < 1.29 is 17.3 Å². The zero-order valence-electron chi connectivity index (χ0n) is 12.1. The van der Waals surface area contributed by atoms with Crippen LogP contribution in [0.1, 0.15) is 58.3 Å². The van der Waals surface area contributed by atoms with Crippen molar-refractivity contribution in [2.24, 2.45) is 0 Å². The minimum absolute atomic E-state index is 1.13. The molecule has 0 atom stereocenters. The van der Waals surface area contributed by atoms with E-state index in [0.717, 1.165) is 6.54 Å². The molecule has 0 N–H and O–H groups in total. The fourth-order valence-corrected chi connectivity index (χ4v) is 1.85. The molecule has 7 heteroatoms. The van der Waals surface area contributed by atoms with E-state index in [2.05, 4.69) is 16.5 Å². The second kappa shape index (κ2) is 11.8. The first kappa shape index (κ1) is 19.0. The van der Waals surface area contributed by atoms with Gasteiger partial charge in [-0.1, -0.05) is 51.9 Å². The predicted molar refractivity (Wildman–Crippen MR) is 75.0 cm³/mol. The van der Waals surface area contributed by atoms with Crippen molar-refractivity contribution >= 4 is 7.25 Å². The molecule has 1 heterocycles. The second-order valence-corrected chi connectivity index (χ2v) is 4.77. The molecule has 20 heavy (non-hydrogen) atoms.